The van der Waals surface area contributed by atoms with E-state index in [1.807, 2.05) is 29.9 Å². The SMILES string of the molecule is COc1cc(-n2nc3c(c2C)C[C@H](N2Cc4ncc(C)nc4C2)CC3)ccn1. The summed E-state index contributed by atoms with van der Waals surface area (Å²) in [5.74, 6) is 0.605. The van der Waals surface area contributed by atoms with Gasteiger partial charge in [0, 0.05) is 43.3 Å². The molecular weight excluding hydrogens is 352 g/mol. The largest absolute Gasteiger partial charge is 0.481 e. The number of fused-ring (bicyclic) bond motifs is 2. The molecule has 0 bridgehead atoms. The van der Waals surface area contributed by atoms with Crippen LogP contribution in [0, 0.1) is 13.8 Å². The standard InChI is InChI=1S/C21H24N6O/c1-13-10-23-19-11-26(12-20(19)24-13)15-4-5-18-17(8-15)14(2)27(25-18)16-6-7-22-21(9-16)28-3/h6-7,9-10,15H,4-5,8,11-12H2,1-3H3/t15-/m1/s1. The summed E-state index contributed by atoms with van der Waals surface area (Å²) in [6, 6.07) is 4.41. The molecule has 0 saturated heterocycles. The van der Waals surface area contributed by atoms with Crippen LogP contribution in [0.25, 0.3) is 5.69 Å². The summed E-state index contributed by atoms with van der Waals surface area (Å²) in [7, 11) is 1.64. The second-order valence-electron chi connectivity index (χ2n) is 7.69. The third kappa shape index (κ3) is 2.86. The van der Waals surface area contributed by atoms with Gasteiger partial charge in [-0.15, -0.1) is 0 Å². The van der Waals surface area contributed by atoms with E-state index in [2.05, 4.69) is 26.8 Å². The fourth-order valence-corrected chi connectivity index (χ4v) is 4.42. The highest BCUT2D eigenvalue weighted by molar-refractivity contribution is 5.40. The molecule has 1 aliphatic carbocycles. The first kappa shape index (κ1) is 17.3. The minimum Gasteiger partial charge on any atom is -0.481 e. The maximum absolute atomic E-state index is 5.27. The Morgan fingerprint density at radius 1 is 1.11 bits per heavy atom. The van der Waals surface area contributed by atoms with E-state index >= 15 is 0 Å². The van der Waals surface area contributed by atoms with E-state index in [9.17, 15) is 0 Å². The molecule has 3 aromatic heterocycles. The molecule has 7 nitrogen and oxygen atoms in total. The molecule has 0 aromatic carbocycles. The van der Waals surface area contributed by atoms with Crippen LogP contribution in [0.3, 0.4) is 0 Å². The number of aromatic nitrogens is 5. The lowest BCUT2D eigenvalue weighted by Crippen LogP contribution is -2.35. The van der Waals surface area contributed by atoms with Crippen molar-refractivity contribution in [3.63, 3.8) is 0 Å². The number of hydrogen-bond acceptors (Lipinski definition) is 6. The average molecular weight is 376 g/mol. The fraction of sp³-hybridized carbons (Fsp3) is 0.429. The van der Waals surface area contributed by atoms with E-state index in [1.54, 1.807) is 13.3 Å². The molecular formula is C21H24N6O. The quantitative estimate of drug-likeness (QED) is 0.700. The molecule has 7 heteroatoms. The van der Waals surface area contributed by atoms with Gasteiger partial charge in [0.2, 0.25) is 5.88 Å². The summed E-state index contributed by atoms with van der Waals surface area (Å²) in [5.41, 5.74) is 8.06. The molecule has 0 fully saturated rings. The zero-order chi connectivity index (χ0) is 19.3. The smallest absolute Gasteiger partial charge is 0.215 e. The number of pyridine rings is 1. The van der Waals surface area contributed by atoms with Crippen LogP contribution in [0.15, 0.2) is 24.5 Å². The van der Waals surface area contributed by atoms with Crippen molar-refractivity contribution in [1.82, 2.24) is 29.6 Å². The first-order valence-electron chi connectivity index (χ1n) is 9.75. The molecule has 144 valence electrons. The van der Waals surface area contributed by atoms with Crippen molar-refractivity contribution < 1.29 is 4.74 Å². The fourth-order valence-electron chi connectivity index (χ4n) is 4.42. The van der Waals surface area contributed by atoms with Gasteiger partial charge in [-0.2, -0.15) is 5.10 Å². The van der Waals surface area contributed by atoms with Crippen molar-refractivity contribution in [3.8, 4) is 11.6 Å². The van der Waals surface area contributed by atoms with Crippen molar-refractivity contribution in [3.05, 3.63) is 58.6 Å². The van der Waals surface area contributed by atoms with Crippen molar-refractivity contribution in [2.24, 2.45) is 0 Å². The lowest BCUT2D eigenvalue weighted by atomic mass is 9.91. The van der Waals surface area contributed by atoms with Gasteiger partial charge in [-0.1, -0.05) is 0 Å². The Labute approximate surface area is 164 Å². The van der Waals surface area contributed by atoms with E-state index in [4.69, 9.17) is 9.84 Å². The number of aryl methyl sites for hydroxylation is 2. The molecule has 0 unspecified atom stereocenters. The summed E-state index contributed by atoms with van der Waals surface area (Å²) in [6.45, 7) is 5.97. The number of rotatable bonds is 3. The van der Waals surface area contributed by atoms with Gasteiger partial charge in [0.1, 0.15) is 0 Å². The molecule has 28 heavy (non-hydrogen) atoms. The van der Waals surface area contributed by atoms with Gasteiger partial charge in [-0.05, 0) is 44.7 Å². The van der Waals surface area contributed by atoms with Gasteiger partial charge in [-0.25, -0.2) is 9.67 Å². The lowest BCUT2D eigenvalue weighted by Gasteiger charge is -2.30. The van der Waals surface area contributed by atoms with Crippen LogP contribution < -0.4 is 4.74 Å². The van der Waals surface area contributed by atoms with Gasteiger partial charge in [0.25, 0.3) is 0 Å². The molecule has 1 aliphatic heterocycles. The molecule has 2 aliphatic rings. The molecule has 0 spiro atoms. The number of ether oxygens (including phenoxy) is 1. The zero-order valence-electron chi connectivity index (χ0n) is 16.5. The Bertz CT molecular complexity index is 1040. The molecule has 5 rings (SSSR count). The van der Waals surface area contributed by atoms with Gasteiger partial charge < -0.3 is 4.74 Å². The predicted molar refractivity (Wildman–Crippen MR) is 104 cm³/mol. The van der Waals surface area contributed by atoms with Crippen molar-refractivity contribution in [2.45, 2.75) is 52.2 Å². The molecule has 3 aromatic rings. The molecule has 0 N–H and O–H groups in total. The first-order valence-corrected chi connectivity index (χ1v) is 9.75. The Hall–Kier alpha value is -2.80. The second kappa shape index (κ2) is 6.67. The zero-order valence-corrected chi connectivity index (χ0v) is 16.5. The Morgan fingerprint density at radius 3 is 2.82 bits per heavy atom. The van der Waals surface area contributed by atoms with Crippen LogP contribution in [0.4, 0.5) is 0 Å². The van der Waals surface area contributed by atoms with Crippen LogP contribution in [0.5, 0.6) is 5.88 Å². The lowest BCUT2D eigenvalue weighted by molar-refractivity contribution is 0.179. The van der Waals surface area contributed by atoms with Gasteiger partial charge in [0.05, 0.1) is 35.6 Å². The molecule has 1 atom stereocenters. The predicted octanol–water partition coefficient (Wildman–Crippen LogP) is 2.56. The highest BCUT2D eigenvalue weighted by Gasteiger charge is 2.32. The third-order valence-electron chi connectivity index (χ3n) is 5.92. The van der Waals surface area contributed by atoms with Crippen LogP contribution in [0.2, 0.25) is 0 Å². The first-order chi connectivity index (χ1) is 13.6. The normalized spacial score (nSPS) is 18.8. The van der Waals surface area contributed by atoms with Crippen LogP contribution in [0.1, 0.15) is 40.5 Å². The maximum atomic E-state index is 5.27. The van der Waals surface area contributed by atoms with Gasteiger partial charge >= 0.3 is 0 Å². The molecule has 0 amide bonds. The molecule has 0 radical (unpaired) electrons. The van der Waals surface area contributed by atoms with Gasteiger partial charge in [0.15, 0.2) is 0 Å². The minimum atomic E-state index is 0.507. The summed E-state index contributed by atoms with van der Waals surface area (Å²) in [4.78, 5) is 16.0. The Balaban J connectivity index is 1.40. The van der Waals surface area contributed by atoms with Crippen LogP contribution in [-0.4, -0.2) is 42.8 Å². The van der Waals surface area contributed by atoms with E-state index < -0.39 is 0 Å². The van der Waals surface area contributed by atoms with Gasteiger partial charge in [-0.3, -0.25) is 14.9 Å². The number of methoxy groups -OCH3 is 1. The monoisotopic (exact) mass is 376 g/mol. The van der Waals surface area contributed by atoms with Crippen LogP contribution in [-0.2, 0) is 25.9 Å². The second-order valence-corrected chi connectivity index (χ2v) is 7.69. The number of hydrogen-bond donors (Lipinski definition) is 0. The van der Waals surface area contributed by atoms with Crippen LogP contribution >= 0.6 is 0 Å². The minimum absolute atomic E-state index is 0.507. The van der Waals surface area contributed by atoms with E-state index in [1.165, 1.54) is 17.0 Å². The summed E-state index contributed by atoms with van der Waals surface area (Å²) >= 11 is 0. The summed E-state index contributed by atoms with van der Waals surface area (Å²) in [5, 5.41) is 4.90. The summed E-state index contributed by atoms with van der Waals surface area (Å²) in [6.07, 6.45) is 6.79. The molecule has 4 heterocycles. The van der Waals surface area contributed by atoms with E-state index in [0.717, 1.165) is 55.1 Å². The van der Waals surface area contributed by atoms with Crippen molar-refractivity contribution in [1.29, 1.82) is 0 Å². The van der Waals surface area contributed by atoms with E-state index in [-0.39, 0.29) is 0 Å². The topological polar surface area (TPSA) is 69.0 Å². The third-order valence-corrected chi connectivity index (χ3v) is 5.92. The summed E-state index contributed by atoms with van der Waals surface area (Å²) < 4.78 is 7.30. The Morgan fingerprint density at radius 2 is 1.96 bits per heavy atom. The average Bonchev–Trinajstić information content (AvgIpc) is 3.28. The van der Waals surface area contributed by atoms with E-state index in [0.29, 0.717) is 11.9 Å². The molecule has 0 saturated carbocycles. The van der Waals surface area contributed by atoms with Crippen molar-refractivity contribution >= 4 is 0 Å². The van der Waals surface area contributed by atoms with Crippen molar-refractivity contribution in [2.75, 3.05) is 7.11 Å². The Kier molecular flexibility index (Phi) is 4.12. The number of nitrogens with zero attached hydrogens (tertiary/aromatic N) is 6. The highest BCUT2D eigenvalue weighted by atomic mass is 16.5. The maximum Gasteiger partial charge on any atom is 0.215 e. The highest BCUT2D eigenvalue weighted by Crippen LogP contribution is 2.32.